The van der Waals surface area contributed by atoms with Crippen molar-refractivity contribution in [2.75, 3.05) is 0 Å². The number of aliphatic imine (C=N–C) groups is 1. The number of rotatable bonds is 2. The number of phenolic OH excluding ortho intramolecular Hbond substituents is 1. The maximum absolute atomic E-state index is 10.1. The van der Waals surface area contributed by atoms with Crippen molar-refractivity contribution in [3.05, 3.63) is 65.4 Å². The molecule has 1 N–H and O–H groups in total. The van der Waals surface area contributed by atoms with Crippen LogP contribution in [0.25, 0.3) is 10.9 Å². The molecule has 0 atom stereocenters. The summed E-state index contributed by atoms with van der Waals surface area (Å²) in [6.07, 6.45) is 3.45. The molecule has 2 aromatic carbocycles. The molecule has 3 rings (SSSR count). The highest BCUT2D eigenvalue weighted by molar-refractivity contribution is 5.93. The molecule has 0 bridgehead atoms. The van der Waals surface area contributed by atoms with E-state index >= 15 is 0 Å². The van der Waals surface area contributed by atoms with Gasteiger partial charge in [0.1, 0.15) is 5.75 Å². The first-order valence-electron chi connectivity index (χ1n) is 6.83. The molecular formula is C18H16N2O. The summed E-state index contributed by atoms with van der Waals surface area (Å²) in [5.74, 6) is 0.276. The molecule has 3 heteroatoms. The molecule has 0 aliphatic heterocycles. The van der Waals surface area contributed by atoms with Crippen LogP contribution in [0.5, 0.6) is 5.75 Å². The fourth-order valence-electron chi connectivity index (χ4n) is 2.42. The number of hydrogen-bond acceptors (Lipinski definition) is 3. The summed E-state index contributed by atoms with van der Waals surface area (Å²) in [4.78, 5) is 8.87. The zero-order valence-electron chi connectivity index (χ0n) is 12.0. The van der Waals surface area contributed by atoms with E-state index in [0.29, 0.717) is 0 Å². The second kappa shape index (κ2) is 5.37. The number of fused-ring (bicyclic) bond motifs is 1. The Balaban J connectivity index is 2.06. The summed E-state index contributed by atoms with van der Waals surface area (Å²) in [7, 11) is 0. The molecule has 0 aliphatic rings. The average molecular weight is 276 g/mol. The number of aromatic hydroxyl groups is 1. The lowest BCUT2D eigenvalue weighted by atomic mass is 10.1. The van der Waals surface area contributed by atoms with Crippen LogP contribution in [0.3, 0.4) is 0 Å². The highest BCUT2D eigenvalue weighted by Crippen LogP contribution is 2.26. The number of hydrogen-bond donors (Lipinski definition) is 1. The number of phenols is 1. The maximum atomic E-state index is 10.1. The van der Waals surface area contributed by atoms with Crippen LogP contribution in [-0.2, 0) is 0 Å². The minimum atomic E-state index is 0.276. The van der Waals surface area contributed by atoms with Gasteiger partial charge in [-0.15, -0.1) is 0 Å². The van der Waals surface area contributed by atoms with E-state index < -0.39 is 0 Å². The predicted octanol–water partition coefficient (Wildman–Crippen LogP) is 4.31. The van der Waals surface area contributed by atoms with Crippen LogP contribution in [-0.4, -0.2) is 16.3 Å². The van der Waals surface area contributed by atoms with Crippen molar-refractivity contribution < 1.29 is 5.11 Å². The molecule has 0 saturated carbocycles. The molecular weight excluding hydrogens is 260 g/mol. The van der Waals surface area contributed by atoms with Crippen molar-refractivity contribution in [3.63, 3.8) is 0 Å². The summed E-state index contributed by atoms with van der Waals surface area (Å²) < 4.78 is 0. The molecule has 3 nitrogen and oxygen atoms in total. The molecule has 104 valence electrons. The van der Waals surface area contributed by atoms with Gasteiger partial charge in [0, 0.05) is 23.4 Å². The molecule has 0 unspecified atom stereocenters. The molecule has 0 spiro atoms. The lowest BCUT2D eigenvalue weighted by Crippen LogP contribution is -1.88. The van der Waals surface area contributed by atoms with Gasteiger partial charge in [-0.25, -0.2) is 0 Å². The molecule has 21 heavy (non-hydrogen) atoms. The summed E-state index contributed by atoms with van der Waals surface area (Å²) >= 11 is 0. The van der Waals surface area contributed by atoms with E-state index in [-0.39, 0.29) is 5.75 Å². The van der Waals surface area contributed by atoms with Crippen LogP contribution in [0, 0.1) is 13.8 Å². The predicted molar refractivity (Wildman–Crippen MR) is 86.6 cm³/mol. The zero-order valence-corrected chi connectivity index (χ0v) is 12.0. The lowest BCUT2D eigenvalue weighted by molar-refractivity contribution is 0.470. The first-order valence-corrected chi connectivity index (χ1v) is 6.83. The van der Waals surface area contributed by atoms with E-state index in [4.69, 9.17) is 0 Å². The quantitative estimate of drug-likeness (QED) is 0.709. The second-order valence-corrected chi connectivity index (χ2v) is 5.13. The Morgan fingerprint density at radius 3 is 2.76 bits per heavy atom. The highest BCUT2D eigenvalue weighted by Gasteiger charge is 2.04. The maximum Gasteiger partial charge on any atom is 0.127 e. The smallest absolute Gasteiger partial charge is 0.127 e. The standard InChI is InChI=1S/C18H16N2O/c1-12-9-13(2)18(21)15(10-12)11-20-16-7-3-5-14-6-4-8-19-17(14)16/h3-11,21H,1-2H3. The molecule has 0 radical (unpaired) electrons. The number of aryl methyl sites for hydroxylation is 2. The number of benzene rings is 2. The number of aromatic nitrogens is 1. The molecule has 0 amide bonds. The molecule has 3 aromatic rings. The Hall–Kier alpha value is -2.68. The van der Waals surface area contributed by atoms with Gasteiger partial charge in [-0.3, -0.25) is 9.98 Å². The van der Waals surface area contributed by atoms with Crippen LogP contribution in [0.4, 0.5) is 5.69 Å². The normalized spacial score (nSPS) is 11.3. The summed E-state index contributed by atoms with van der Waals surface area (Å²) in [6.45, 7) is 3.89. The Morgan fingerprint density at radius 2 is 1.90 bits per heavy atom. The van der Waals surface area contributed by atoms with Crippen LogP contribution < -0.4 is 0 Å². The van der Waals surface area contributed by atoms with Crippen LogP contribution >= 0.6 is 0 Å². The number of para-hydroxylation sites is 1. The van der Waals surface area contributed by atoms with Gasteiger partial charge in [-0.2, -0.15) is 0 Å². The third-order valence-corrected chi connectivity index (χ3v) is 3.43. The lowest BCUT2D eigenvalue weighted by Gasteiger charge is -2.05. The van der Waals surface area contributed by atoms with E-state index in [1.54, 1.807) is 12.4 Å². The van der Waals surface area contributed by atoms with Gasteiger partial charge in [0.25, 0.3) is 0 Å². The monoisotopic (exact) mass is 276 g/mol. The number of pyridine rings is 1. The van der Waals surface area contributed by atoms with E-state index in [0.717, 1.165) is 33.3 Å². The minimum absolute atomic E-state index is 0.276. The van der Waals surface area contributed by atoms with Gasteiger partial charge < -0.3 is 5.11 Å². The zero-order chi connectivity index (χ0) is 14.8. The van der Waals surface area contributed by atoms with Crippen molar-refractivity contribution in [2.45, 2.75) is 13.8 Å². The fourth-order valence-corrected chi connectivity index (χ4v) is 2.42. The van der Waals surface area contributed by atoms with E-state index in [1.165, 1.54) is 0 Å². The Bertz CT molecular complexity index is 832. The van der Waals surface area contributed by atoms with Crippen molar-refractivity contribution in [1.82, 2.24) is 4.98 Å². The Labute approximate surface area is 123 Å². The topological polar surface area (TPSA) is 45.5 Å². The van der Waals surface area contributed by atoms with E-state index in [9.17, 15) is 5.11 Å². The van der Waals surface area contributed by atoms with Crippen LogP contribution in [0.15, 0.2) is 53.7 Å². The summed E-state index contributed by atoms with van der Waals surface area (Å²) in [6, 6.07) is 13.7. The van der Waals surface area contributed by atoms with Gasteiger partial charge in [-0.05, 0) is 43.2 Å². The van der Waals surface area contributed by atoms with Gasteiger partial charge >= 0.3 is 0 Å². The van der Waals surface area contributed by atoms with Gasteiger partial charge in [0.15, 0.2) is 0 Å². The van der Waals surface area contributed by atoms with Crippen LogP contribution in [0.1, 0.15) is 16.7 Å². The summed E-state index contributed by atoms with van der Waals surface area (Å²) in [5, 5.41) is 11.2. The number of nitrogens with zero attached hydrogens (tertiary/aromatic N) is 2. The summed E-state index contributed by atoms with van der Waals surface area (Å²) in [5.41, 5.74) is 4.34. The van der Waals surface area contributed by atoms with Gasteiger partial charge in [-0.1, -0.05) is 24.3 Å². The van der Waals surface area contributed by atoms with Crippen molar-refractivity contribution in [1.29, 1.82) is 0 Å². The van der Waals surface area contributed by atoms with Crippen LogP contribution in [0.2, 0.25) is 0 Å². The Morgan fingerprint density at radius 1 is 1.10 bits per heavy atom. The van der Waals surface area contributed by atoms with Gasteiger partial charge in [0.05, 0.1) is 11.2 Å². The molecule has 0 saturated heterocycles. The first kappa shape index (κ1) is 13.3. The SMILES string of the molecule is Cc1cc(C)c(O)c(C=Nc2cccc3cccnc23)c1. The largest absolute Gasteiger partial charge is 0.507 e. The fraction of sp³-hybridized carbons (Fsp3) is 0.111. The second-order valence-electron chi connectivity index (χ2n) is 5.13. The average Bonchev–Trinajstić information content (AvgIpc) is 2.49. The molecule has 0 aliphatic carbocycles. The third kappa shape index (κ3) is 2.63. The molecule has 1 heterocycles. The first-order chi connectivity index (χ1) is 10.1. The molecule has 0 fully saturated rings. The Kier molecular flexibility index (Phi) is 3.40. The van der Waals surface area contributed by atoms with Gasteiger partial charge in [0.2, 0.25) is 0 Å². The van der Waals surface area contributed by atoms with Crippen molar-refractivity contribution in [3.8, 4) is 5.75 Å². The van der Waals surface area contributed by atoms with Crippen molar-refractivity contribution >= 4 is 22.8 Å². The highest BCUT2D eigenvalue weighted by atomic mass is 16.3. The molecule has 1 aromatic heterocycles. The van der Waals surface area contributed by atoms with E-state index in [2.05, 4.69) is 9.98 Å². The van der Waals surface area contributed by atoms with Crippen molar-refractivity contribution in [2.24, 2.45) is 4.99 Å². The third-order valence-electron chi connectivity index (χ3n) is 3.43. The van der Waals surface area contributed by atoms with E-state index in [1.807, 2.05) is 56.3 Å². The minimum Gasteiger partial charge on any atom is -0.507 e.